The molecule has 1 aromatic carbocycles. The average molecular weight is 489 g/mol. The van der Waals surface area contributed by atoms with Gasteiger partial charge in [-0.3, -0.25) is 9.52 Å². The number of halogens is 1. The lowest BCUT2D eigenvalue weighted by molar-refractivity contribution is -0.110. The highest BCUT2D eigenvalue weighted by Crippen LogP contribution is 2.35. The van der Waals surface area contributed by atoms with E-state index in [-0.39, 0.29) is 11.7 Å². The van der Waals surface area contributed by atoms with Crippen molar-refractivity contribution in [1.82, 2.24) is 9.88 Å². The van der Waals surface area contributed by atoms with E-state index >= 15 is 0 Å². The number of H-pyrrole nitrogens is 1. The summed E-state index contributed by atoms with van der Waals surface area (Å²) < 4.78 is 41.7. The molecule has 9 heteroatoms. The van der Waals surface area contributed by atoms with Crippen LogP contribution >= 0.6 is 0 Å². The normalized spacial score (nSPS) is 14.9. The molecule has 0 saturated carbocycles. The van der Waals surface area contributed by atoms with Crippen molar-refractivity contribution in [3.63, 3.8) is 0 Å². The number of anilines is 2. The zero-order valence-corrected chi connectivity index (χ0v) is 21.0. The predicted octanol–water partition coefficient (Wildman–Crippen LogP) is 4.68. The summed E-state index contributed by atoms with van der Waals surface area (Å²) in [5, 5.41) is 2.72. The lowest BCUT2D eigenvalue weighted by Gasteiger charge is -2.16. The second kappa shape index (κ2) is 11.0. The topological polar surface area (TPSA) is 94.3 Å². The summed E-state index contributed by atoms with van der Waals surface area (Å²) >= 11 is 0. The standard InChI is InChI=1S/C25H33FN4O3S/c1-5-30(6-2)13-9-7-8-10-14-34(32,33)29-24-17(3)23(27-18(24)4)16-21-20-15-19(26)11-12-22(20)28-25(21)31/h7-8,11-12,15-16,27,29H,5-6,9-10,13-14H2,1-4H3,(H,28,31). The van der Waals surface area contributed by atoms with E-state index in [1.54, 1.807) is 19.9 Å². The number of fused-ring (bicyclic) bond motifs is 1. The molecule has 184 valence electrons. The number of amides is 1. The van der Waals surface area contributed by atoms with E-state index < -0.39 is 15.8 Å². The van der Waals surface area contributed by atoms with Gasteiger partial charge in [0.25, 0.3) is 5.91 Å². The van der Waals surface area contributed by atoms with Crippen LogP contribution in [0, 0.1) is 19.7 Å². The molecule has 0 atom stereocenters. The van der Waals surface area contributed by atoms with Crippen molar-refractivity contribution in [1.29, 1.82) is 0 Å². The molecule has 7 nitrogen and oxygen atoms in total. The second-order valence-electron chi connectivity index (χ2n) is 8.36. The molecule has 34 heavy (non-hydrogen) atoms. The number of hydrogen-bond donors (Lipinski definition) is 3. The Labute approximate surface area is 201 Å². The van der Waals surface area contributed by atoms with Gasteiger partial charge >= 0.3 is 0 Å². The smallest absolute Gasteiger partial charge is 0.256 e. The zero-order chi connectivity index (χ0) is 24.9. The fraction of sp³-hybridized carbons (Fsp3) is 0.400. The van der Waals surface area contributed by atoms with Crippen molar-refractivity contribution in [3.05, 3.63) is 58.7 Å². The third-order valence-electron chi connectivity index (χ3n) is 6.01. The van der Waals surface area contributed by atoms with E-state index in [9.17, 15) is 17.6 Å². The Bertz CT molecular complexity index is 1210. The maximum atomic E-state index is 13.7. The van der Waals surface area contributed by atoms with Crippen LogP contribution in [0.1, 0.15) is 49.2 Å². The van der Waals surface area contributed by atoms with Gasteiger partial charge in [-0.25, -0.2) is 12.8 Å². The summed E-state index contributed by atoms with van der Waals surface area (Å²) in [5.41, 5.74) is 3.71. The van der Waals surface area contributed by atoms with E-state index in [0.29, 0.717) is 45.9 Å². The Hall–Kier alpha value is -2.91. The highest BCUT2D eigenvalue weighted by molar-refractivity contribution is 7.92. The average Bonchev–Trinajstić information content (AvgIpc) is 3.23. The lowest BCUT2D eigenvalue weighted by atomic mass is 10.0. The van der Waals surface area contributed by atoms with Gasteiger partial charge in [0.2, 0.25) is 10.0 Å². The van der Waals surface area contributed by atoms with Gasteiger partial charge in [0.05, 0.1) is 17.0 Å². The Morgan fingerprint density at radius 2 is 1.82 bits per heavy atom. The highest BCUT2D eigenvalue weighted by Gasteiger charge is 2.25. The first-order valence-electron chi connectivity index (χ1n) is 11.5. The molecule has 0 unspecified atom stereocenters. The largest absolute Gasteiger partial charge is 0.357 e. The number of aromatic nitrogens is 1. The molecule has 0 bridgehead atoms. The Morgan fingerprint density at radius 3 is 2.53 bits per heavy atom. The van der Waals surface area contributed by atoms with Crippen molar-refractivity contribution in [2.45, 2.75) is 40.5 Å². The van der Waals surface area contributed by atoms with Crippen LogP contribution in [0.3, 0.4) is 0 Å². The van der Waals surface area contributed by atoms with Crippen LogP contribution in [0.2, 0.25) is 0 Å². The first kappa shape index (κ1) is 25.7. The molecule has 0 spiro atoms. The minimum Gasteiger partial charge on any atom is -0.357 e. The van der Waals surface area contributed by atoms with Crippen LogP contribution in [-0.4, -0.2) is 49.6 Å². The molecule has 0 radical (unpaired) electrons. The monoisotopic (exact) mass is 488 g/mol. The number of nitrogens with one attached hydrogen (secondary N) is 3. The van der Waals surface area contributed by atoms with E-state index in [4.69, 9.17) is 0 Å². The molecule has 0 fully saturated rings. The molecular formula is C25H33FN4O3S. The van der Waals surface area contributed by atoms with Crippen LogP contribution in [0.15, 0.2) is 30.4 Å². The number of rotatable bonds is 11. The van der Waals surface area contributed by atoms with Crippen molar-refractivity contribution in [3.8, 4) is 0 Å². The fourth-order valence-electron chi connectivity index (χ4n) is 3.98. The summed E-state index contributed by atoms with van der Waals surface area (Å²) in [5.74, 6) is -0.789. The Balaban J connectivity index is 1.68. The van der Waals surface area contributed by atoms with Gasteiger partial charge in [-0.2, -0.15) is 0 Å². The van der Waals surface area contributed by atoms with Gasteiger partial charge < -0.3 is 15.2 Å². The predicted molar refractivity (Wildman–Crippen MR) is 137 cm³/mol. The SMILES string of the molecule is CCN(CC)CCC=CCCS(=O)(=O)Nc1c(C)[nH]c(C=C2C(=O)Nc3ccc(F)cc32)c1C. The molecule has 3 N–H and O–H groups in total. The summed E-state index contributed by atoms with van der Waals surface area (Å²) in [4.78, 5) is 17.9. The number of sulfonamides is 1. The molecule has 3 rings (SSSR count). The van der Waals surface area contributed by atoms with Crippen molar-refractivity contribution >= 4 is 39.0 Å². The second-order valence-corrected chi connectivity index (χ2v) is 10.2. The molecule has 1 aliphatic heterocycles. The molecule has 1 aromatic heterocycles. The van der Waals surface area contributed by atoms with Crippen molar-refractivity contribution in [2.24, 2.45) is 0 Å². The van der Waals surface area contributed by atoms with Gasteiger partial charge in [-0.1, -0.05) is 26.0 Å². The summed E-state index contributed by atoms with van der Waals surface area (Å²) in [6.45, 7) is 10.8. The summed E-state index contributed by atoms with van der Waals surface area (Å²) in [6, 6.07) is 4.12. The molecule has 1 amide bonds. The van der Waals surface area contributed by atoms with Gasteiger partial charge in [-0.05, 0) is 69.6 Å². The molecule has 2 heterocycles. The molecule has 2 aromatic rings. The van der Waals surface area contributed by atoms with Crippen molar-refractivity contribution < 1.29 is 17.6 Å². The third-order valence-corrected chi connectivity index (χ3v) is 7.30. The first-order chi connectivity index (χ1) is 16.1. The molecule has 0 aliphatic carbocycles. The number of nitrogens with zero attached hydrogens (tertiary/aromatic N) is 1. The number of aromatic amines is 1. The van der Waals surface area contributed by atoms with Gasteiger partial charge in [0.15, 0.2) is 0 Å². The van der Waals surface area contributed by atoms with Gasteiger partial charge in [0.1, 0.15) is 5.82 Å². The number of allylic oxidation sites excluding steroid dienone is 1. The fourth-order valence-corrected chi connectivity index (χ4v) is 5.15. The third kappa shape index (κ3) is 6.15. The maximum Gasteiger partial charge on any atom is 0.256 e. The van der Waals surface area contributed by atoms with E-state index in [1.807, 2.05) is 12.2 Å². The highest BCUT2D eigenvalue weighted by atomic mass is 32.2. The van der Waals surface area contributed by atoms with E-state index in [2.05, 4.69) is 33.8 Å². The van der Waals surface area contributed by atoms with Crippen LogP contribution in [0.25, 0.3) is 11.6 Å². The lowest BCUT2D eigenvalue weighted by Crippen LogP contribution is -2.23. The Morgan fingerprint density at radius 1 is 1.12 bits per heavy atom. The van der Waals surface area contributed by atoms with E-state index in [0.717, 1.165) is 26.1 Å². The van der Waals surface area contributed by atoms with Crippen LogP contribution < -0.4 is 10.0 Å². The van der Waals surface area contributed by atoms with Crippen LogP contribution in [-0.2, 0) is 14.8 Å². The molecule has 0 saturated heterocycles. The minimum atomic E-state index is -3.55. The number of aryl methyl sites for hydroxylation is 1. The molecule has 1 aliphatic rings. The van der Waals surface area contributed by atoms with Crippen LogP contribution in [0.5, 0.6) is 0 Å². The number of benzene rings is 1. The van der Waals surface area contributed by atoms with E-state index in [1.165, 1.54) is 18.2 Å². The first-order valence-corrected chi connectivity index (χ1v) is 13.2. The number of carbonyl (C=O) groups is 1. The summed E-state index contributed by atoms with van der Waals surface area (Å²) in [6.07, 6.45) is 6.88. The molecular weight excluding hydrogens is 455 g/mol. The minimum absolute atomic E-state index is 0.0235. The van der Waals surface area contributed by atoms with Gasteiger partial charge in [0, 0.05) is 29.2 Å². The summed E-state index contributed by atoms with van der Waals surface area (Å²) in [7, 11) is -3.55. The zero-order valence-electron chi connectivity index (χ0n) is 20.2. The number of hydrogen-bond acceptors (Lipinski definition) is 4. The van der Waals surface area contributed by atoms with Crippen molar-refractivity contribution in [2.75, 3.05) is 35.4 Å². The van der Waals surface area contributed by atoms with Gasteiger partial charge in [-0.15, -0.1) is 0 Å². The Kier molecular flexibility index (Phi) is 8.33. The number of carbonyl (C=O) groups excluding carboxylic acids is 1. The quantitative estimate of drug-likeness (QED) is 0.316. The maximum absolute atomic E-state index is 13.7. The van der Waals surface area contributed by atoms with Crippen LogP contribution in [0.4, 0.5) is 15.8 Å².